The van der Waals surface area contributed by atoms with Gasteiger partial charge in [0.2, 0.25) is 5.95 Å². The van der Waals surface area contributed by atoms with Crippen molar-refractivity contribution in [2.45, 2.75) is 19.5 Å². The third-order valence-electron chi connectivity index (χ3n) is 3.79. The van der Waals surface area contributed by atoms with E-state index in [9.17, 15) is 4.79 Å². The number of H-pyrrole nitrogens is 1. The lowest BCUT2D eigenvalue weighted by Gasteiger charge is -2.30. The molecule has 0 unspecified atom stereocenters. The Labute approximate surface area is 134 Å². The summed E-state index contributed by atoms with van der Waals surface area (Å²) in [6, 6.07) is 20.3. The molecule has 1 atom stereocenters. The molecule has 116 valence electrons. The molecule has 0 saturated carbocycles. The molecule has 1 heterocycles. The standard InChI is InChI=1S/C18H18N4O/c1-14(16-10-6-3-7-11-16)22(12-15-8-4-2-5-9-15)17-19-13-20-18(23)21-17/h2-11,13-14H,12H2,1H3,(H,19,20,21,23)/t14-/m0/s1. The Balaban J connectivity index is 1.97. The van der Waals surface area contributed by atoms with Crippen LogP contribution in [-0.2, 0) is 6.54 Å². The van der Waals surface area contributed by atoms with E-state index in [0.717, 1.165) is 11.1 Å². The molecule has 1 N–H and O–H groups in total. The monoisotopic (exact) mass is 306 g/mol. The highest BCUT2D eigenvalue weighted by Crippen LogP contribution is 2.25. The quantitative estimate of drug-likeness (QED) is 0.787. The zero-order chi connectivity index (χ0) is 16.1. The topological polar surface area (TPSA) is 61.9 Å². The number of rotatable bonds is 5. The molecule has 0 bridgehead atoms. The van der Waals surface area contributed by atoms with Gasteiger partial charge in [0, 0.05) is 6.54 Å². The maximum atomic E-state index is 11.6. The molecule has 0 radical (unpaired) electrons. The van der Waals surface area contributed by atoms with Crippen LogP contribution in [0.5, 0.6) is 0 Å². The molecule has 3 rings (SSSR count). The fourth-order valence-electron chi connectivity index (χ4n) is 2.53. The van der Waals surface area contributed by atoms with Gasteiger partial charge in [-0.3, -0.25) is 4.98 Å². The van der Waals surface area contributed by atoms with Gasteiger partial charge in [0.1, 0.15) is 6.33 Å². The fraction of sp³-hybridized carbons (Fsp3) is 0.167. The van der Waals surface area contributed by atoms with Crippen LogP contribution < -0.4 is 10.6 Å². The van der Waals surface area contributed by atoms with Crippen LogP contribution in [0.3, 0.4) is 0 Å². The Morgan fingerprint density at radius 1 is 1.00 bits per heavy atom. The van der Waals surface area contributed by atoms with E-state index in [2.05, 4.69) is 51.0 Å². The Morgan fingerprint density at radius 3 is 2.30 bits per heavy atom. The van der Waals surface area contributed by atoms with Crippen LogP contribution in [0.4, 0.5) is 5.95 Å². The van der Waals surface area contributed by atoms with Crippen LogP contribution in [0.15, 0.2) is 71.8 Å². The van der Waals surface area contributed by atoms with Crippen molar-refractivity contribution in [1.29, 1.82) is 0 Å². The van der Waals surface area contributed by atoms with Crippen LogP contribution >= 0.6 is 0 Å². The van der Waals surface area contributed by atoms with Crippen molar-refractivity contribution in [3.63, 3.8) is 0 Å². The molecule has 0 amide bonds. The summed E-state index contributed by atoms with van der Waals surface area (Å²) < 4.78 is 0. The lowest BCUT2D eigenvalue weighted by molar-refractivity contribution is 0.643. The van der Waals surface area contributed by atoms with E-state index in [0.29, 0.717) is 12.5 Å². The molecule has 0 aliphatic carbocycles. The number of aromatic nitrogens is 3. The summed E-state index contributed by atoms with van der Waals surface area (Å²) in [5, 5.41) is 0. The van der Waals surface area contributed by atoms with Gasteiger partial charge in [-0.1, -0.05) is 60.7 Å². The minimum atomic E-state index is -0.395. The third-order valence-corrected chi connectivity index (χ3v) is 3.79. The number of anilines is 1. The van der Waals surface area contributed by atoms with Gasteiger partial charge in [0.05, 0.1) is 6.04 Å². The van der Waals surface area contributed by atoms with E-state index in [1.54, 1.807) is 0 Å². The van der Waals surface area contributed by atoms with Gasteiger partial charge in [0.15, 0.2) is 0 Å². The first-order chi connectivity index (χ1) is 11.2. The molecule has 0 aliphatic rings. The largest absolute Gasteiger partial charge is 0.349 e. The first kappa shape index (κ1) is 15.0. The molecule has 0 spiro atoms. The first-order valence-corrected chi connectivity index (χ1v) is 7.51. The highest BCUT2D eigenvalue weighted by Gasteiger charge is 2.18. The zero-order valence-electron chi connectivity index (χ0n) is 12.9. The normalized spacial score (nSPS) is 11.9. The molecular weight excluding hydrogens is 288 g/mol. The van der Waals surface area contributed by atoms with Crippen molar-refractivity contribution in [1.82, 2.24) is 15.0 Å². The Kier molecular flexibility index (Phi) is 4.47. The van der Waals surface area contributed by atoms with Gasteiger partial charge in [-0.2, -0.15) is 4.98 Å². The second kappa shape index (κ2) is 6.87. The number of nitrogens with zero attached hydrogens (tertiary/aromatic N) is 3. The summed E-state index contributed by atoms with van der Waals surface area (Å²) >= 11 is 0. The van der Waals surface area contributed by atoms with Gasteiger partial charge in [0.25, 0.3) is 0 Å². The van der Waals surface area contributed by atoms with E-state index in [-0.39, 0.29) is 6.04 Å². The minimum Gasteiger partial charge on any atom is -0.331 e. The minimum absolute atomic E-state index is 0.0574. The lowest BCUT2D eigenvalue weighted by Crippen LogP contribution is -2.30. The highest BCUT2D eigenvalue weighted by molar-refractivity contribution is 5.36. The molecule has 2 aromatic carbocycles. The molecular formula is C18H18N4O. The predicted molar refractivity (Wildman–Crippen MR) is 90.1 cm³/mol. The van der Waals surface area contributed by atoms with Crippen molar-refractivity contribution in [2.75, 3.05) is 4.90 Å². The Bertz CT molecular complexity index is 802. The van der Waals surface area contributed by atoms with Gasteiger partial charge < -0.3 is 4.90 Å². The summed E-state index contributed by atoms with van der Waals surface area (Å²) in [5.74, 6) is 0.519. The maximum Gasteiger partial charge on any atom is 0.349 e. The zero-order valence-corrected chi connectivity index (χ0v) is 12.9. The van der Waals surface area contributed by atoms with Gasteiger partial charge in [-0.15, -0.1) is 0 Å². The molecule has 1 aromatic heterocycles. The summed E-state index contributed by atoms with van der Waals surface area (Å²) in [4.78, 5) is 24.2. The van der Waals surface area contributed by atoms with Crippen molar-refractivity contribution in [2.24, 2.45) is 0 Å². The number of hydrogen-bond donors (Lipinski definition) is 1. The Hall–Kier alpha value is -2.95. The number of hydrogen-bond acceptors (Lipinski definition) is 4. The van der Waals surface area contributed by atoms with E-state index in [1.807, 2.05) is 36.4 Å². The maximum absolute atomic E-state index is 11.6. The fourth-order valence-corrected chi connectivity index (χ4v) is 2.53. The van der Waals surface area contributed by atoms with Crippen molar-refractivity contribution >= 4 is 5.95 Å². The van der Waals surface area contributed by atoms with Crippen molar-refractivity contribution in [3.05, 3.63) is 88.6 Å². The predicted octanol–water partition coefficient (Wildman–Crippen LogP) is 2.93. The van der Waals surface area contributed by atoms with Crippen LogP contribution in [0.2, 0.25) is 0 Å². The van der Waals surface area contributed by atoms with Crippen LogP contribution in [0.1, 0.15) is 24.1 Å². The van der Waals surface area contributed by atoms with Crippen LogP contribution in [0, 0.1) is 0 Å². The third kappa shape index (κ3) is 3.63. The van der Waals surface area contributed by atoms with Crippen molar-refractivity contribution in [3.8, 4) is 0 Å². The molecule has 0 aliphatic heterocycles. The molecule has 3 aromatic rings. The average Bonchev–Trinajstić information content (AvgIpc) is 2.61. The van der Waals surface area contributed by atoms with Crippen LogP contribution in [0.25, 0.3) is 0 Å². The molecule has 5 heteroatoms. The SMILES string of the molecule is C[C@@H](c1ccccc1)N(Cc1ccccc1)c1ncnc(=O)[nH]1. The Morgan fingerprint density at radius 2 is 1.65 bits per heavy atom. The molecule has 23 heavy (non-hydrogen) atoms. The summed E-state index contributed by atoms with van der Waals surface area (Å²) in [6.07, 6.45) is 1.30. The van der Waals surface area contributed by atoms with Gasteiger partial charge in [-0.05, 0) is 18.1 Å². The summed E-state index contributed by atoms with van der Waals surface area (Å²) in [5.41, 5.74) is 1.91. The van der Waals surface area contributed by atoms with Crippen molar-refractivity contribution < 1.29 is 0 Å². The van der Waals surface area contributed by atoms with E-state index < -0.39 is 5.69 Å². The smallest absolute Gasteiger partial charge is 0.331 e. The number of benzene rings is 2. The first-order valence-electron chi connectivity index (χ1n) is 7.51. The van der Waals surface area contributed by atoms with Gasteiger partial charge in [-0.25, -0.2) is 9.78 Å². The average molecular weight is 306 g/mol. The van der Waals surface area contributed by atoms with Gasteiger partial charge >= 0.3 is 5.69 Å². The molecule has 0 fully saturated rings. The van der Waals surface area contributed by atoms with E-state index >= 15 is 0 Å². The second-order valence-electron chi connectivity index (χ2n) is 5.33. The number of aromatic amines is 1. The summed E-state index contributed by atoms with van der Waals surface area (Å²) in [6.45, 7) is 2.74. The number of nitrogens with one attached hydrogen (secondary N) is 1. The summed E-state index contributed by atoms with van der Waals surface area (Å²) in [7, 11) is 0. The highest BCUT2D eigenvalue weighted by atomic mass is 16.1. The molecule has 5 nitrogen and oxygen atoms in total. The van der Waals surface area contributed by atoms with E-state index in [1.165, 1.54) is 6.33 Å². The second-order valence-corrected chi connectivity index (χ2v) is 5.33. The van der Waals surface area contributed by atoms with E-state index in [4.69, 9.17) is 0 Å². The van der Waals surface area contributed by atoms with Crippen LogP contribution in [-0.4, -0.2) is 15.0 Å². The molecule has 0 saturated heterocycles. The lowest BCUT2D eigenvalue weighted by atomic mass is 10.1.